The van der Waals surface area contributed by atoms with Gasteiger partial charge in [0.05, 0.1) is 5.69 Å². The van der Waals surface area contributed by atoms with Gasteiger partial charge in [0.1, 0.15) is 0 Å². The van der Waals surface area contributed by atoms with Crippen LogP contribution in [0, 0.1) is 0 Å². The van der Waals surface area contributed by atoms with E-state index in [1.165, 1.54) is 18.2 Å². The van der Waals surface area contributed by atoms with Crippen molar-refractivity contribution in [3.05, 3.63) is 53.9 Å². The molecule has 0 bridgehead atoms. The van der Waals surface area contributed by atoms with Crippen LogP contribution >= 0.6 is 0 Å². The average Bonchev–Trinajstić information content (AvgIpc) is 2.47. The fraction of sp³-hybridized carbons (Fsp3) is 0.0625. The van der Waals surface area contributed by atoms with Gasteiger partial charge in [-0.1, -0.05) is 6.07 Å². The SMILES string of the molecule is Oc1ccc(Cc2nccc3c(O)c(O)ccc23)cc1O. The Hall–Kier alpha value is -2.95. The van der Waals surface area contributed by atoms with Gasteiger partial charge in [0, 0.05) is 23.4 Å². The second kappa shape index (κ2) is 4.86. The number of pyridine rings is 1. The van der Waals surface area contributed by atoms with Crippen LogP contribution in [-0.2, 0) is 6.42 Å². The van der Waals surface area contributed by atoms with Crippen LogP contribution in [0.3, 0.4) is 0 Å². The molecular formula is C16H13NO4. The first-order valence-corrected chi connectivity index (χ1v) is 6.35. The number of rotatable bonds is 2. The van der Waals surface area contributed by atoms with E-state index in [1.807, 2.05) is 0 Å². The highest BCUT2D eigenvalue weighted by Crippen LogP contribution is 2.35. The molecule has 0 fully saturated rings. The summed E-state index contributed by atoms with van der Waals surface area (Å²) in [5.74, 6) is -0.716. The van der Waals surface area contributed by atoms with E-state index >= 15 is 0 Å². The molecule has 0 amide bonds. The van der Waals surface area contributed by atoms with Crippen LogP contribution in [-0.4, -0.2) is 25.4 Å². The lowest BCUT2D eigenvalue weighted by Crippen LogP contribution is -1.94. The maximum absolute atomic E-state index is 9.88. The monoisotopic (exact) mass is 283 g/mol. The maximum Gasteiger partial charge on any atom is 0.165 e. The summed E-state index contributed by atoms with van der Waals surface area (Å²) >= 11 is 0. The Kier molecular flexibility index (Phi) is 3.02. The van der Waals surface area contributed by atoms with Crippen LogP contribution in [0.1, 0.15) is 11.3 Å². The fourth-order valence-corrected chi connectivity index (χ4v) is 2.30. The van der Waals surface area contributed by atoms with Crippen LogP contribution in [0.25, 0.3) is 10.8 Å². The van der Waals surface area contributed by atoms with Gasteiger partial charge < -0.3 is 20.4 Å². The summed E-state index contributed by atoms with van der Waals surface area (Å²) < 4.78 is 0. The molecule has 2 aromatic carbocycles. The quantitative estimate of drug-likeness (QED) is 0.542. The number of aromatic hydroxyl groups is 4. The highest BCUT2D eigenvalue weighted by Gasteiger charge is 2.10. The molecule has 0 saturated carbocycles. The molecule has 0 atom stereocenters. The highest BCUT2D eigenvalue weighted by atomic mass is 16.3. The first kappa shape index (κ1) is 13.1. The predicted octanol–water partition coefficient (Wildman–Crippen LogP) is 2.65. The summed E-state index contributed by atoms with van der Waals surface area (Å²) in [6.07, 6.45) is 1.98. The molecule has 3 rings (SSSR count). The molecule has 1 aromatic heterocycles. The lowest BCUT2D eigenvalue weighted by Gasteiger charge is -2.08. The van der Waals surface area contributed by atoms with Gasteiger partial charge in [0.15, 0.2) is 23.0 Å². The number of phenolic OH excluding ortho intramolecular Hbond substituents is 4. The van der Waals surface area contributed by atoms with E-state index in [-0.39, 0.29) is 23.0 Å². The number of aromatic nitrogens is 1. The molecule has 0 aliphatic carbocycles. The Balaban J connectivity index is 2.08. The minimum Gasteiger partial charge on any atom is -0.504 e. The van der Waals surface area contributed by atoms with Crippen molar-refractivity contribution in [2.75, 3.05) is 0 Å². The minimum atomic E-state index is -0.187. The van der Waals surface area contributed by atoms with Crippen LogP contribution in [0.2, 0.25) is 0 Å². The summed E-state index contributed by atoms with van der Waals surface area (Å²) in [5.41, 5.74) is 1.48. The normalized spacial score (nSPS) is 10.9. The van der Waals surface area contributed by atoms with E-state index < -0.39 is 0 Å². The first-order chi connectivity index (χ1) is 10.1. The van der Waals surface area contributed by atoms with Gasteiger partial charge in [-0.15, -0.1) is 0 Å². The van der Waals surface area contributed by atoms with Gasteiger partial charge in [-0.3, -0.25) is 4.98 Å². The number of benzene rings is 2. The maximum atomic E-state index is 9.88. The largest absolute Gasteiger partial charge is 0.504 e. The van der Waals surface area contributed by atoms with Gasteiger partial charge in [-0.25, -0.2) is 0 Å². The van der Waals surface area contributed by atoms with E-state index in [9.17, 15) is 20.4 Å². The molecule has 1 heterocycles. The Morgan fingerprint density at radius 3 is 2.29 bits per heavy atom. The Morgan fingerprint density at radius 1 is 0.762 bits per heavy atom. The molecular weight excluding hydrogens is 270 g/mol. The van der Waals surface area contributed by atoms with Gasteiger partial charge in [0.2, 0.25) is 0 Å². The van der Waals surface area contributed by atoms with Crippen molar-refractivity contribution in [2.24, 2.45) is 0 Å². The lowest BCUT2D eigenvalue weighted by atomic mass is 10.0. The Bertz CT molecular complexity index is 830. The summed E-state index contributed by atoms with van der Waals surface area (Å²) in [4.78, 5) is 4.29. The smallest absolute Gasteiger partial charge is 0.165 e. The van der Waals surface area contributed by atoms with Gasteiger partial charge >= 0.3 is 0 Å². The summed E-state index contributed by atoms with van der Waals surface area (Å²) in [6.45, 7) is 0. The van der Waals surface area contributed by atoms with E-state index in [2.05, 4.69) is 4.98 Å². The van der Waals surface area contributed by atoms with Crippen LogP contribution in [0.15, 0.2) is 42.6 Å². The Morgan fingerprint density at radius 2 is 1.52 bits per heavy atom. The van der Waals surface area contributed by atoms with E-state index in [1.54, 1.807) is 24.4 Å². The second-order valence-electron chi connectivity index (χ2n) is 4.79. The number of nitrogens with zero attached hydrogens (tertiary/aromatic N) is 1. The zero-order chi connectivity index (χ0) is 15.0. The lowest BCUT2D eigenvalue weighted by molar-refractivity contribution is 0.403. The van der Waals surface area contributed by atoms with Crippen molar-refractivity contribution in [3.63, 3.8) is 0 Å². The van der Waals surface area contributed by atoms with Crippen molar-refractivity contribution < 1.29 is 20.4 Å². The molecule has 106 valence electrons. The minimum absolute atomic E-state index is 0.174. The molecule has 0 radical (unpaired) electrons. The van der Waals surface area contributed by atoms with Crippen molar-refractivity contribution >= 4 is 10.8 Å². The molecule has 4 N–H and O–H groups in total. The molecule has 5 heteroatoms. The van der Waals surface area contributed by atoms with E-state index in [0.717, 1.165) is 10.9 Å². The molecule has 3 aromatic rings. The summed E-state index contributed by atoms with van der Waals surface area (Å²) in [6, 6.07) is 9.30. The number of phenols is 4. The summed E-state index contributed by atoms with van der Waals surface area (Å²) in [5, 5.41) is 39.5. The van der Waals surface area contributed by atoms with E-state index in [4.69, 9.17) is 0 Å². The molecule has 5 nitrogen and oxygen atoms in total. The van der Waals surface area contributed by atoms with Gasteiger partial charge in [-0.2, -0.15) is 0 Å². The molecule has 0 unspecified atom stereocenters. The second-order valence-corrected chi connectivity index (χ2v) is 4.79. The third-order valence-corrected chi connectivity index (χ3v) is 3.39. The average molecular weight is 283 g/mol. The molecule has 0 aliphatic rings. The molecule has 0 aliphatic heterocycles. The van der Waals surface area contributed by atoms with Crippen molar-refractivity contribution in [3.8, 4) is 23.0 Å². The molecule has 0 saturated heterocycles. The van der Waals surface area contributed by atoms with E-state index in [0.29, 0.717) is 17.5 Å². The van der Waals surface area contributed by atoms with Crippen molar-refractivity contribution in [1.29, 1.82) is 0 Å². The fourth-order valence-electron chi connectivity index (χ4n) is 2.30. The standard InChI is InChI=1S/C16H13NO4/c18-13-3-1-9(8-15(13)20)7-12-10-2-4-14(19)16(21)11(10)5-6-17-12/h1-6,8,18-21H,7H2. The van der Waals surface area contributed by atoms with Gasteiger partial charge in [0.25, 0.3) is 0 Å². The van der Waals surface area contributed by atoms with Gasteiger partial charge in [-0.05, 0) is 35.9 Å². The topological polar surface area (TPSA) is 93.8 Å². The summed E-state index contributed by atoms with van der Waals surface area (Å²) in [7, 11) is 0. The predicted molar refractivity (Wildman–Crippen MR) is 77.7 cm³/mol. The number of hydrogen-bond acceptors (Lipinski definition) is 5. The number of hydrogen-bond donors (Lipinski definition) is 4. The van der Waals surface area contributed by atoms with Crippen molar-refractivity contribution in [2.45, 2.75) is 6.42 Å². The first-order valence-electron chi connectivity index (χ1n) is 6.35. The van der Waals surface area contributed by atoms with Crippen LogP contribution in [0.5, 0.6) is 23.0 Å². The third kappa shape index (κ3) is 2.29. The zero-order valence-corrected chi connectivity index (χ0v) is 11.0. The van der Waals surface area contributed by atoms with Crippen LogP contribution in [0.4, 0.5) is 0 Å². The molecule has 21 heavy (non-hydrogen) atoms. The molecule has 0 spiro atoms. The van der Waals surface area contributed by atoms with Crippen molar-refractivity contribution in [1.82, 2.24) is 4.98 Å². The number of fused-ring (bicyclic) bond motifs is 1. The highest BCUT2D eigenvalue weighted by molar-refractivity contribution is 5.91. The Labute approximate surface area is 120 Å². The third-order valence-electron chi connectivity index (χ3n) is 3.39. The van der Waals surface area contributed by atoms with Crippen LogP contribution < -0.4 is 0 Å². The zero-order valence-electron chi connectivity index (χ0n) is 11.0.